The van der Waals surface area contributed by atoms with Crippen molar-refractivity contribution in [2.45, 2.75) is 33.2 Å². The van der Waals surface area contributed by atoms with Gasteiger partial charge in [0.1, 0.15) is 15.3 Å². The number of benzene rings is 1. The van der Waals surface area contributed by atoms with Gasteiger partial charge in [-0.25, -0.2) is 0 Å². The Labute approximate surface area is 162 Å². The molecule has 1 aromatic heterocycles. The van der Waals surface area contributed by atoms with E-state index in [1.807, 2.05) is 50.2 Å². The predicted octanol–water partition coefficient (Wildman–Crippen LogP) is 1.71. The topological polar surface area (TPSA) is 78.1 Å². The number of unbranched alkanes of at least 4 members (excludes halogenated alkanes) is 1. The number of aromatic nitrogens is 1. The second kappa shape index (κ2) is 9.74. The van der Waals surface area contributed by atoms with Gasteiger partial charge in [0.2, 0.25) is 0 Å². The highest BCUT2D eigenvalue weighted by atomic mass is 32.1. The van der Waals surface area contributed by atoms with Crippen LogP contribution in [-0.2, 0) is 11.3 Å². The van der Waals surface area contributed by atoms with Crippen LogP contribution in [0.3, 0.4) is 0 Å². The van der Waals surface area contributed by atoms with Gasteiger partial charge in [-0.15, -0.1) is 11.3 Å². The van der Waals surface area contributed by atoms with Gasteiger partial charge in [-0.2, -0.15) is 5.26 Å². The van der Waals surface area contributed by atoms with Crippen LogP contribution in [0.25, 0.3) is 11.8 Å². The zero-order valence-electron chi connectivity index (χ0n) is 15.9. The second-order valence-electron chi connectivity index (χ2n) is 6.04. The number of rotatable bonds is 7. The average molecular weight is 385 g/mol. The molecule has 0 aliphatic carbocycles. The summed E-state index contributed by atoms with van der Waals surface area (Å²) in [5, 5.41) is 12.7. The summed E-state index contributed by atoms with van der Waals surface area (Å²) in [7, 11) is 1.68. The molecule has 0 radical (unpaired) electrons. The lowest BCUT2D eigenvalue weighted by Gasteiger charge is -2.15. The number of nitrogens with one attached hydrogen (secondary N) is 1. The van der Waals surface area contributed by atoms with E-state index in [0.717, 1.165) is 29.9 Å². The van der Waals surface area contributed by atoms with Crippen molar-refractivity contribution in [2.75, 3.05) is 18.9 Å². The van der Waals surface area contributed by atoms with Crippen molar-refractivity contribution in [1.29, 1.82) is 5.26 Å². The summed E-state index contributed by atoms with van der Waals surface area (Å²) < 4.78 is 2.33. The molecule has 0 saturated heterocycles. The molecule has 142 valence electrons. The van der Waals surface area contributed by atoms with Gasteiger partial charge in [-0.1, -0.05) is 31.5 Å². The van der Waals surface area contributed by atoms with Gasteiger partial charge >= 0.3 is 0 Å². The van der Waals surface area contributed by atoms with Crippen molar-refractivity contribution in [3.8, 4) is 6.07 Å². The Balaban J connectivity index is 2.52. The zero-order valence-corrected chi connectivity index (χ0v) is 16.7. The monoisotopic (exact) mass is 384 g/mol. The lowest BCUT2D eigenvalue weighted by Crippen LogP contribution is -2.35. The van der Waals surface area contributed by atoms with Gasteiger partial charge in [0.05, 0.1) is 0 Å². The fraction of sp³-hybridized carbons (Fsp3) is 0.350. The molecule has 1 heterocycles. The van der Waals surface area contributed by atoms with Crippen LogP contribution < -0.4 is 20.1 Å². The number of hydrogen-bond acceptors (Lipinski definition) is 5. The molecule has 0 saturated carbocycles. The Hall–Kier alpha value is -2.85. The van der Waals surface area contributed by atoms with E-state index >= 15 is 0 Å². The summed E-state index contributed by atoms with van der Waals surface area (Å²) in [5.74, 6) is -0.350. The van der Waals surface area contributed by atoms with Crippen LogP contribution >= 0.6 is 11.3 Å². The third-order valence-corrected chi connectivity index (χ3v) is 5.23. The van der Waals surface area contributed by atoms with Crippen LogP contribution in [-0.4, -0.2) is 29.0 Å². The van der Waals surface area contributed by atoms with E-state index in [1.165, 1.54) is 9.47 Å². The Kier molecular flexibility index (Phi) is 7.38. The molecule has 1 amide bonds. The van der Waals surface area contributed by atoms with Gasteiger partial charge in [-0.3, -0.25) is 14.2 Å². The Bertz CT molecular complexity index is 999. The third kappa shape index (κ3) is 4.86. The fourth-order valence-electron chi connectivity index (χ4n) is 2.55. The average Bonchev–Trinajstić information content (AvgIpc) is 3.01. The first-order valence-electron chi connectivity index (χ1n) is 8.94. The SMILES string of the molecule is CCCCN(C)C(=O)/C(C#N)=c1\sc(=CNc2ccccc2)c(=O)n1CC. The minimum atomic E-state index is -0.350. The van der Waals surface area contributed by atoms with Crippen LogP contribution in [0, 0.1) is 11.3 Å². The quantitative estimate of drug-likeness (QED) is 0.788. The lowest BCUT2D eigenvalue weighted by atomic mass is 10.2. The largest absolute Gasteiger partial charge is 0.360 e. The molecule has 7 heteroatoms. The van der Waals surface area contributed by atoms with E-state index in [0.29, 0.717) is 22.3 Å². The van der Waals surface area contributed by atoms with Crippen LogP contribution in [0.2, 0.25) is 0 Å². The van der Waals surface area contributed by atoms with Crippen LogP contribution in [0.5, 0.6) is 0 Å². The molecule has 2 rings (SSSR count). The number of thiazole rings is 1. The number of hydrogen-bond donors (Lipinski definition) is 1. The van der Waals surface area contributed by atoms with Crippen molar-refractivity contribution >= 4 is 34.7 Å². The number of para-hydroxylation sites is 1. The van der Waals surface area contributed by atoms with E-state index in [9.17, 15) is 14.9 Å². The first kappa shape index (κ1) is 20.5. The molecule has 0 aliphatic rings. The summed E-state index contributed by atoms with van der Waals surface area (Å²) in [4.78, 5) is 26.9. The van der Waals surface area contributed by atoms with Gasteiger partial charge in [0.25, 0.3) is 11.5 Å². The standard InChI is InChI=1S/C20H24N4O2S/c1-4-6-12-23(3)18(25)16(13-21)20-24(5-2)19(26)17(27-20)14-22-15-10-8-7-9-11-15/h7-11,14,22H,4-6,12H2,1-3H3/b17-14?,20-16-. The van der Waals surface area contributed by atoms with Gasteiger partial charge < -0.3 is 10.2 Å². The minimum absolute atomic E-state index is 0.0110. The Morgan fingerprint density at radius 2 is 2.04 bits per heavy atom. The number of carbonyl (C=O) groups excluding carboxylic acids is 1. The summed E-state index contributed by atoms with van der Waals surface area (Å²) in [6.07, 6.45) is 3.45. The summed E-state index contributed by atoms with van der Waals surface area (Å²) >= 11 is 1.16. The second-order valence-corrected chi connectivity index (χ2v) is 7.07. The lowest BCUT2D eigenvalue weighted by molar-refractivity contribution is -0.123. The molecule has 0 spiro atoms. The molecule has 0 bridgehead atoms. The van der Waals surface area contributed by atoms with Crippen LogP contribution in [0.15, 0.2) is 35.1 Å². The first-order chi connectivity index (χ1) is 13.0. The van der Waals surface area contributed by atoms with Gasteiger partial charge in [-0.05, 0) is 25.5 Å². The number of carbonyl (C=O) groups is 1. The van der Waals surface area contributed by atoms with Gasteiger partial charge in [0.15, 0.2) is 5.57 Å². The molecule has 27 heavy (non-hydrogen) atoms. The number of anilines is 1. The van der Waals surface area contributed by atoms with Crippen LogP contribution in [0.1, 0.15) is 26.7 Å². The van der Waals surface area contributed by atoms with E-state index in [2.05, 4.69) is 5.32 Å². The van der Waals surface area contributed by atoms with Crippen molar-refractivity contribution in [3.63, 3.8) is 0 Å². The van der Waals surface area contributed by atoms with Crippen molar-refractivity contribution < 1.29 is 4.79 Å². The van der Waals surface area contributed by atoms with E-state index < -0.39 is 0 Å². The molecular formula is C20H24N4O2S. The molecule has 0 fully saturated rings. The highest BCUT2D eigenvalue weighted by Crippen LogP contribution is 2.04. The summed E-state index contributed by atoms with van der Waals surface area (Å²) in [6, 6.07) is 11.5. The highest BCUT2D eigenvalue weighted by Gasteiger charge is 2.18. The summed E-state index contributed by atoms with van der Waals surface area (Å²) in [6.45, 7) is 4.84. The predicted molar refractivity (Wildman–Crippen MR) is 110 cm³/mol. The molecule has 6 nitrogen and oxygen atoms in total. The minimum Gasteiger partial charge on any atom is -0.360 e. The molecule has 2 aromatic rings. The molecule has 0 unspecified atom stereocenters. The molecule has 1 N–H and O–H groups in total. The Morgan fingerprint density at radius 1 is 1.33 bits per heavy atom. The third-order valence-electron chi connectivity index (χ3n) is 4.10. The highest BCUT2D eigenvalue weighted by molar-refractivity contribution is 7.07. The van der Waals surface area contributed by atoms with E-state index in [4.69, 9.17) is 0 Å². The molecule has 0 aliphatic heterocycles. The van der Waals surface area contributed by atoms with E-state index in [-0.39, 0.29) is 17.0 Å². The maximum absolute atomic E-state index is 12.7. The van der Waals surface area contributed by atoms with Gasteiger partial charge in [0, 0.05) is 32.0 Å². The van der Waals surface area contributed by atoms with E-state index in [1.54, 1.807) is 13.2 Å². The van der Waals surface area contributed by atoms with Crippen LogP contribution in [0.4, 0.5) is 5.69 Å². The van der Waals surface area contributed by atoms with Crippen molar-refractivity contribution in [2.24, 2.45) is 0 Å². The maximum Gasteiger partial charge on any atom is 0.270 e. The molecule has 1 aromatic carbocycles. The molecule has 0 atom stereocenters. The number of nitriles is 1. The smallest absolute Gasteiger partial charge is 0.270 e. The zero-order chi connectivity index (χ0) is 19.8. The maximum atomic E-state index is 12.7. The Morgan fingerprint density at radius 3 is 2.63 bits per heavy atom. The first-order valence-corrected chi connectivity index (χ1v) is 9.76. The number of nitrogens with zero attached hydrogens (tertiary/aromatic N) is 3. The summed E-state index contributed by atoms with van der Waals surface area (Å²) in [5.41, 5.74) is 0.657. The fourth-order valence-corrected chi connectivity index (χ4v) is 3.63. The van der Waals surface area contributed by atoms with Crippen molar-refractivity contribution in [3.05, 3.63) is 49.9 Å². The number of amides is 1. The normalized spacial score (nSPS) is 12.4. The molecular weight excluding hydrogens is 360 g/mol. The van der Waals surface area contributed by atoms with Crippen molar-refractivity contribution in [1.82, 2.24) is 9.47 Å².